The van der Waals surface area contributed by atoms with Crippen LogP contribution in [0.2, 0.25) is 0 Å². The molecule has 174 valence electrons. The molecule has 0 saturated carbocycles. The predicted molar refractivity (Wildman–Crippen MR) is 124 cm³/mol. The fourth-order valence-electron chi connectivity index (χ4n) is 4.41. The molecule has 4 aromatic rings. The van der Waals surface area contributed by atoms with Crippen LogP contribution in [0.5, 0.6) is 0 Å². The maximum Gasteiger partial charge on any atom is 0.433 e. The van der Waals surface area contributed by atoms with Gasteiger partial charge in [-0.15, -0.1) is 0 Å². The van der Waals surface area contributed by atoms with Crippen LogP contribution in [0.4, 0.5) is 23.4 Å². The highest BCUT2D eigenvalue weighted by molar-refractivity contribution is 5.91. The van der Waals surface area contributed by atoms with E-state index in [4.69, 9.17) is 0 Å². The quantitative estimate of drug-likeness (QED) is 0.341. The zero-order chi connectivity index (χ0) is 23.9. The van der Waals surface area contributed by atoms with E-state index in [1.807, 2.05) is 53.4 Å². The normalized spacial score (nSPS) is 16.3. The van der Waals surface area contributed by atoms with E-state index in [0.717, 1.165) is 22.3 Å². The summed E-state index contributed by atoms with van der Waals surface area (Å²) in [6.45, 7) is 2.19. The number of alkyl halides is 4. The van der Waals surface area contributed by atoms with Crippen LogP contribution < -0.4 is 4.90 Å². The molecule has 5 rings (SSSR count). The van der Waals surface area contributed by atoms with E-state index in [2.05, 4.69) is 15.0 Å². The molecular weight excluding hydrogens is 444 g/mol. The number of aromatic amines is 1. The van der Waals surface area contributed by atoms with Crippen molar-refractivity contribution in [1.29, 1.82) is 0 Å². The molecule has 2 aromatic carbocycles. The molecule has 34 heavy (non-hydrogen) atoms. The van der Waals surface area contributed by atoms with Gasteiger partial charge in [0.15, 0.2) is 0 Å². The SMILES string of the molecule is Cc1nc(-c2ccc(-c3c(-c4ccccc4)ccnc3N3CC[C@H](F)C3)cc2)[nH]c1C(F)(F)F. The van der Waals surface area contributed by atoms with Gasteiger partial charge >= 0.3 is 6.18 Å². The second kappa shape index (κ2) is 8.59. The van der Waals surface area contributed by atoms with Crippen molar-refractivity contribution in [3.05, 3.63) is 78.2 Å². The lowest BCUT2D eigenvalue weighted by Crippen LogP contribution is -2.22. The highest BCUT2D eigenvalue weighted by Gasteiger charge is 2.35. The maximum absolute atomic E-state index is 14.0. The first kappa shape index (κ1) is 22.1. The van der Waals surface area contributed by atoms with Crippen molar-refractivity contribution < 1.29 is 17.6 Å². The fraction of sp³-hybridized carbons (Fsp3) is 0.231. The number of imidazole rings is 1. The van der Waals surface area contributed by atoms with Crippen LogP contribution in [0.1, 0.15) is 17.8 Å². The number of aromatic nitrogens is 3. The number of pyridine rings is 1. The summed E-state index contributed by atoms with van der Waals surface area (Å²) in [5.41, 5.74) is 3.25. The highest BCUT2D eigenvalue weighted by Crippen LogP contribution is 2.40. The number of aryl methyl sites for hydroxylation is 1. The minimum absolute atomic E-state index is 0.0951. The van der Waals surface area contributed by atoms with Crippen LogP contribution in [0.3, 0.4) is 0 Å². The molecule has 8 heteroatoms. The summed E-state index contributed by atoms with van der Waals surface area (Å²) in [4.78, 5) is 13.0. The molecule has 1 fully saturated rings. The lowest BCUT2D eigenvalue weighted by atomic mass is 9.94. The Morgan fingerprint density at radius 1 is 0.941 bits per heavy atom. The van der Waals surface area contributed by atoms with Gasteiger partial charge in [0.05, 0.1) is 12.2 Å². The highest BCUT2D eigenvalue weighted by atomic mass is 19.4. The van der Waals surface area contributed by atoms with E-state index in [-0.39, 0.29) is 18.1 Å². The number of halogens is 4. The summed E-state index contributed by atoms with van der Waals surface area (Å²) < 4.78 is 53.6. The summed E-state index contributed by atoms with van der Waals surface area (Å²) >= 11 is 0. The lowest BCUT2D eigenvalue weighted by Gasteiger charge is -2.22. The Bertz CT molecular complexity index is 1300. The Morgan fingerprint density at radius 3 is 2.26 bits per heavy atom. The first-order valence-corrected chi connectivity index (χ1v) is 11.0. The predicted octanol–water partition coefficient (Wildman–Crippen LogP) is 6.68. The van der Waals surface area contributed by atoms with Gasteiger partial charge in [-0.3, -0.25) is 0 Å². The molecule has 0 amide bonds. The van der Waals surface area contributed by atoms with Crippen LogP contribution in [0.25, 0.3) is 33.6 Å². The number of nitrogens with zero attached hydrogens (tertiary/aromatic N) is 3. The molecule has 1 atom stereocenters. The Morgan fingerprint density at radius 2 is 1.65 bits per heavy atom. The third-order valence-electron chi connectivity index (χ3n) is 6.06. The standard InChI is InChI=1S/C26H22F4N4/c1-16-23(26(28,29)30)33-24(32-16)19-9-7-18(8-10-19)22-21(17-5-3-2-4-6-17)11-13-31-25(22)34-14-12-20(27)15-34/h2-11,13,20H,12,14-15H2,1H3,(H,32,33)/t20-/m0/s1. The number of benzene rings is 2. The number of hydrogen-bond donors (Lipinski definition) is 1. The number of H-pyrrole nitrogens is 1. The second-order valence-corrected chi connectivity index (χ2v) is 8.38. The Kier molecular flexibility index (Phi) is 5.59. The zero-order valence-corrected chi connectivity index (χ0v) is 18.4. The fourth-order valence-corrected chi connectivity index (χ4v) is 4.41. The van der Waals surface area contributed by atoms with Gasteiger partial charge in [-0.2, -0.15) is 13.2 Å². The molecule has 0 bridgehead atoms. The topological polar surface area (TPSA) is 44.8 Å². The summed E-state index contributed by atoms with van der Waals surface area (Å²) in [6, 6.07) is 18.9. The molecule has 1 aliphatic heterocycles. The maximum atomic E-state index is 14.0. The summed E-state index contributed by atoms with van der Waals surface area (Å²) in [6.07, 6.45) is -3.21. The zero-order valence-electron chi connectivity index (χ0n) is 18.4. The molecule has 0 radical (unpaired) electrons. The lowest BCUT2D eigenvalue weighted by molar-refractivity contribution is -0.141. The van der Waals surface area contributed by atoms with Crippen molar-refractivity contribution in [1.82, 2.24) is 15.0 Å². The smallest absolute Gasteiger partial charge is 0.353 e. The molecule has 2 aromatic heterocycles. The van der Waals surface area contributed by atoms with Gasteiger partial charge in [-0.1, -0.05) is 54.6 Å². The van der Waals surface area contributed by atoms with Crippen LogP contribution in [0, 0.1) is 6.92 Å². The second-order valence-electron chi connectivity index (χ2n) is 8.38. The average molecular weight is 466 g/mol. The van der Waals surface area contributed by atoms with Crippen molar-refractivity contribution in [2.75, 3.05) is 18.0 Å². The van der Waals surface area contributed by atoms with Crippen LogP contribution >= 0.6 is 0 Å². The van der Waals surface area contributed by atoms with Gasteiger partial charge < -0.3 is 9.88 Å². The van der Waals surface area contributed by atoms with Gasteiger partial charge in [-0.25, -0.2) is 14.4 Å². The molecule has 4 nitrogen and oxygen atoms in total. The van der Waals surface area contributed by atoms with E-state index in [1.165, 1.54) is 6.92 Å². The minimum Gasteiger partial charge on any atom is -0.353 e. The van der Waals surface area contributed by atoms with Crippen LogP contribution in [-0.2, 0) is 6.18 Å². The van der Waals surface area contributed by atoms with E-state index in [9.17, 15) is 17.6 Å². The minimum atomic E-state index is -4.49. The Hall–Kier alpha value is -3.68. The van der Waals surface area contributed by atoms with E-state index >= 15 is 0 Å². The number of anilines is 1. The van der Waals surface area contributed by atoms with Gasteiger partial charge in [-0.05, 0) is 36.1 Å². The third kappa shape index (κ3) is 4.16. The van der Waals surface area contributed by atoms with Gasteiger partial charge in [0.1, 0.15) is 23.5 Å². The van der Waals surface area contributed by atoms with Crippen molar-refractivity contribution in [2.45, 2.75) is 25.7 Å². The summed E-state index contributed by atoms with van der Waals surface area (Å²) in [5, 5.41) is 0. The van der Waals surface area contributed by atoms with Gasteiger partial charge in [0, 0.05) is 23.9 Å². The first-order chi connectivity index (χ1) is 16.3. The Balaban J connectivity index is 1.59. The third-order valence-corrected chi connectivity index (χ3v) is 6.06. The summed E-state index contributed by atoms with van der Waals surface area (Å²) in [7, 11) is 0. The van der Waals surface area contributed by atoms with Crippen LogP contribution in [0.15, 0.2) is 66.9 Å². The van der Waals surface area contributed by atoms with Crippen molar-refractivity contribution in [3.8, 4) is 33.6 Å². The van der Waals surface area contributed by atoms with Crippen molar-refractivity contribution in [3.63, 3.8) is 0 Å². The monoisotopic (exact) mass is 466 g/mol. The molecule has 1 N–H and O–H groups in total. The van der Waals surface area contributed by atoms with Crippen molar-refractivity contribution in [2.24, 2.45) is 0 Å². The molecule has 0 unspecified atom stereocenters. The molecule has 1 aliphatic rings. The first-order valence-electron chi connectivity index (χ1n) is 11.0. The molecule has 1 saturated heterocycles. The van der Waals surface area contributed by atoms with E-state index in [0.29, 0.717) is 24.3 Å². The van der Waals surface area contributed by atoms with Gasteiger partial charge in [0.2, 0.25) is 0 Å². The van der Waals surface area contributed by atoms with Crippen molar-refractivity contribution >= 4 is 5.82 Å². The average Bonchev–Trinajstić information content (AvgIpc) is 3.45. The molecule has 3 heterocycles. The molecule has 0 spiro atoms. The van der Waals surface area contributed by atoms with Crippen LogP contribution in [-0.4, -0.2) is 34.2 Å². The number of hydrogen-bond acceptors (Lipinski definition) is 3. The molecular formula is C26H22F4N4. The summed E-state index contributed by atoms with van der Waals surface area (Å²) in [5.74, 6) is 0.855. The number of nitrogens with one attached hydrogen (secondary N) is 1. The van der Waals surface area contributed by atoms with Gasteiger partial charge in [0.25, 0.3) is 0 Å². The van der Waals surface area contributed by atoms with E-state index < -0.39 is 18.0 Å². The number of rotatable bonds is 4. The molecule has 0 aliphatic carbocycles. The Labute approximate surface area is 194 Å². The van der Waals surface area contributed by atoms with E-state index in [1.54, 1.807) is 18.3 Å². The largest absolute Gasteiger partial charge is 0.433 e.